The average molecular weight is 160 g/mol. The normalized spacial score (nSPS) is 20.3. The summed E-state index contributed by atoms with van der Waals surface area (Å²) >= 11 is 0. The predicted molar refractivity (Wildman–Crippen MR) is 40.9 cm³/mol. The van der Waals surface area contributed by atoms with Gasteiger partial charge in [-0.25, -0.2) is 4.39 Å². The van der Waals surface area contributed by atoms with Crippen molar-refractivity contribution in [1.82, 2.24) is 4.90 Å². The van der Waals surface area contributed by atoms with E-state index in [4.69, 9.17) is 5.21 Å². The van der Waals surface area contributed by atoms with Crippen LogP contribution in [0, 0.1) is 0 Å². The number of rotatable bonds is 2. The van der Waals surface area contributed by atoms with Crippen molar-refractivity contribution in [2.24, 2.45) is 5.16 Å². The fraction of sp³-hybridized carbons (Fsp3) is 0.857. The van der Waals surface area contributed by atoms with Crippen LogP contribution in [0.4, 0.5) is 4.39 Å². The van der Waals surface area contributed by atoms with Crippen LogP contribution in [0.1, 0.15) is 12.8 Å². The van der Waals surface area contributed by atoms with Gasteiger partial charge in [0.2, 0.25) is 0 Å². The number of hydrogen-bond donors (Lipinski definition) is 1. The fourth-order valence-corrected chi connectivity index (χ4v) is 1.25. The standard InChI is InChI=1S/C7H13FN2O/c8-3-6-10-4-1-7(9-11)2-5-10/h11H,1-6H2. The summed E-state index contributed by atoms with van der Waals surface area (Å²) in [6, 6.07) is 0. The van der Waals surface area contributed by atoms with Gasteiger partial charge in [0.25, 0.3) is 0 Å². The van der Waals surface area contributed by atoms with Crippen LogP contribution in [0.2, 0.25) is 0 Å². The Morgan fingerprint density at radius 1 is 1.45 bits per heavy atom. The van der Waals surface area contributed by atoms with Crippen molar-refractivity contribution < 1.29 is 9.60 Å². The minimum atomic E-state index is -0.286. The van der Waals surface area contributed by atoms with E-state index < -0.39 is 0 Å². The molecular formula is C7H13FN2O. The van der Waals surface area contributed by atoms with Crippen molar-refractivity contribution in [3.8, 4) is 0 Å². The highest BCUT2D eigenvalue weighted by Gasteiger charge is 2.14. The van der Waals surface area contributed by atoms with Gasteiger partial charge in [-0.3, -0.25) is 4.90 Å². The molecule has 1 heterocycles. The zero-order valence-electron chi connectivity index (χ0n) is 6.46. The molecular weight excluding hydrogens is 147 g/mol. The van der Waals surface area contributed by atoms with Crippen molar-refractivity contribution >= 4 is 5.71 Å². The molecule has 0 bridgehead atoms. The number of hydrogen-bond acceptors (Lipinski definition) is 3. The Bertz CT molecular complexity index is 139. The second-order valence-electron chi connectivity index (χ2n) is 2.70. The largest absolute Gasteiger partial charge is 0.411 e. The Labute approximate surface area is 65.5 Å². The van der Waals surface area contributed by atoms with Crippen LogP contribution in [-0.2, 0) is 0 Å². The van der Waals surface area contributed by atoms with Gasteiger partial charge in [-0.2, -0.15) is 0 Å². The lowest BCUT2D eigenvalue weighted by Crippen LogP contribution is -2.35. The van der Waals surface area contributed by atoms with Crippen molar-refractivity contribution in [1.29, 1.82) is 0 Å². The zero-order chi connectivity index (χ0) is 8.10. The maximum atomic E-state index is 11.8. The smallest absolute Gasteiger partial charge is 0.102 e. The SMILES string of the molecule is ON=C1CCN(CCF)CC1. The van der Waals surface area contributed by atoms with E-state index in [-0.39, 0.29) is 6.67 Å². The quantitative estimate of drug-likeness (QED) is 0.481. The average Bonchev–Trinajstić information content (AvgIpc) is 2.07. The van der Waals surface area contributed by atoms with Gasteiger partial charge in [0.1, 0.15) is 6.67 Å². The Hall–Kier alpha value is -0.640. The molecule has 0 atom stereocenters. The third-order valence-corrected chi connectivity index (χ3v) is 1.98. The molecule has 0 aromatic rings. The Morgan fingerprint density at radius 2 is 2.09 bits per heavy atom. The second-order valence-corrected chi connectivity index (χ2v) is 2.70. The molecule has 1 N–H and O–H groups in total. The number of oxime groups is 1. The molecule has 0 radical (unpaired) electrons. The maximum Gasteiger partial charge on any atom is 0.102 e. The van der Waals surface area contributed by atoms with Crippen molar-refractivity contribution in [2.75, 3.05) is 26.3 Å². The van der Waals surface area contributed by atoms with Crippen molar-refractivity contribution in [3.05, 3.63) is 0 Å². The lowest BCUT2D eigenvalue weighted by atomic mass is 10.1. The van der Waals surface area contributed by atoms with Gasteiger partial charge in [0.05, 0.1) is 5.71 Å². The Balaban J connectivity index is 2.24. The van der Waals surface area contributed by atoms with Crippen LogP contribution in [0.15, 0.2) is 5.16 Å². The molecule has 0 aliphatic carbocycles. The molecule has 0 aromatic carbocycles. The van der Waals surface area contributed by atoms with Crippen molar-refractivity contribution in [2.45, 2.75) is 12.8 Å². The van der Waals surface area contributed by atoms with Gasteiger partial charge >= 0.3 is 0 Å². The highest BCUT2D eigenvalue weighted by Crippen LogP contribution is 2.06. The number of piperidine rings is 1. The van der Waals surface area contributed by atoms with Gasteiger partial charge in [-0.05, 0) is 0 Å². The fourth-order valence-electron chi connectivity index (χ4n) is 1.25. The molecule has 0 unspecified atom stereocenters. The summed E-state index contributed by atoms with van der Waals surface area (Å²) in [5, 5.41) is 11.5. The highest BCUT2D eigenvalue weighted by atomic mass is 19.1. The molecule has 64 valence electrons. The molecule has 0 amide bonds. The third kappa shape index (κ3) is 2.46. The van der Waals surface area contributed by atoms with Crippen LogP contribution >= 0.6 is 0 Å². The van der Waals surface area contributed by atoms with Crippen LogP contribution in [0.3, 0.4) is 0 Å². The molecule has 11 heavy (non-hydrogen) atoms. The molecule has 3 nitrogen and oxygen atoms in total. The third-order valence-electron chi connectivity index (χ3n) is 1.98. The molecule has 1 fully saturated rings. The van der Waals surface area contributed by atoms with E-state index in [1.807, 2.05) is 4.90 Å². The topological polar surface area (TPSA) is 35.8 Å². The van der Waals surface area contributed by atoms with E-state index in [0.717, 1.165) is 31.6 Å². The maximum absolute atomic E-state index is 11.8. The summed E-state index contributed by atoms with van der Waals surface area (Å²) in [6.45, 7) is 1.87. The van der Waals surface area contributed by atoms with E-state index in [9.17, 15) is 4.39 Å². The van der Waals surface area contributed by atoms with E-state index in [0.29, 0.717) is 6.54 Å². The molecule has 1 aliphatic heterocycles. The lowest BCUT2D eigenvalue weighted by Gasteiger charge is -2.25. The molecule has 0 spiro atoms. The molecule has 1 saturated heterocycles. The lowest BCUT2D eigenvalue weighted by molar-refractivity contribution is 0.242. The van der Waals surface area contributed by atoms with Crippen LogP contribution < -0.4 is 0 Å². The number of nitrogens with zero attached hydrogens (tertiary/aromatic N) is 2. The first-order valence-corrected chi connectivity index (χ1v) is 3.85. The summed E-state index contributed by atoms with van der Waals surface area (Å²) in [6.07, 6.45) is 1.55. The van der Waals surface area contributed by atoms with Gasteiger partial charge in [-0.1, -0.05) is 5.16 Å². The monoisotopic (exact) mass is 160 g/mol. The summed E-state index contributed by atoms with van der Waals surface area (Å²) in [7, 11) is 0. The molecule has 0 aromatic heterocycles. The summed E-state index contributed by atoms with van der Waals surface area (Å²) in [5.74, 6) is 0. The van der Waals surface area contributed by atoms with E-state index >= 15 is 0 Å². The molecule has 1 rings (SSSR count). The summed E-state index contributed by atoms with van der Waals surface area (Å²) in [4.78, 5) is 2.04. The number of alkyl halides is 1. The molecule has 1 aliphatic rings. The van der Waals surface area contributed by atoms with Crippen LogP contribution in [0.25, 0.3) is 0 Å². The van der Waals surface area contributed by atoms with E-state index in [2.05, 4.69) is 5.16 Å². The minimum absolute atomic E-state index is 0.286. The summed E-state index contributed by atoms with van der Waals surface area (Å²) in [5.41, 5.74) is 0.833. The van der Waals surface area contributed by atoms with Crippen LogP contribution in [-0.4, -0.2) is 42.1 Å². The summed E-state index contributed by atoms with van der Waals surface area (Å²) < 4.78 is 11.8. The zero-order valence-corrected chi connectivity index (χ0v) is 6.46. The van der Waals surface area contributed by atoms with Crippen molar-refractivity contribution in [3.63, 3.8) is 0 Å². The van der Waals surface area contributed by atoms with E-state index in [1.54, 1.807) is 0 Å². The Kier molecular flexibility index (Phi) is 3.29. The highest BCUT2D eigenvalue weighted by molar-refractivity contribution is 5.84. The minimum Gasteiger partial charge on any atom is -0.411 e. The van der Waals surface area contributed by atoms with Gasteiger partial charge in [0.15, 0.2) is 0 Å². The molecule has 0 saturated carbocycles. The predicted octanol–water partition coefficient (Wildman–Crippen LogP) is 0.882. The van der Waals surface area contributed by atoms with Gasteiger partial charge in [0, 0.05) is 32.5 Å². The number of halogens is 1. The first-order chi connectivity index (χ1) is 5.36. The first-order valence-electron chi connectivity index (χ1n) is 3.85. The first kappa shape index (κ1) is 8.46. The molecule has 4 heteroatoms. The number of likely N-dealkylation sites (tertiary alicyclic amines) is 1. The van der Waals surface area contributed by atoms with Crippen LogP contribution in [0.5, 0.6) is 0 Å². The van der Waals surface area contributed by atoms with Gasteiger partial charge < -0.3 is 5.21 Å². The Morgan fingerprint density at radius 3 is 2.55 bits per heavy atom. The van der Waals surface area contributed by atoms with E-state index in [1.165, 1.54) is 0 Å². The van der Waals surface area contributed by atoms with Gasteiger partial charge in [-0.15, -0.1) is 0 Å². The second kappa shape index (κ2) is 4.28.